The van der Waals surface area contributed by atoms with Crippen molar-refractivity contribution in [2.24, 2.45) is 5.92 Å². The lowest BCUT2D eigenvalue weighted by Crippen LogP contribution is -2.40. The number of esters is 1. The molecule has 0 fully saturated rings. The van der Waals surface area contributed by atoms with Crippen molar-refractivity contribution in [3.8, 4) is 0 Å². The molecule has 0 aliphatic rings. The van der Waals surface area contributed by atoms with Gasteiger partial charge in [-0.15, -0.1) is 0 Å². The zero-order valence-electron chi connectivity index (χ0n) is 13.3. The topological polar surface area (TPSA) is 55.4 Å². The van der Waals surface area contributed by atoms with Gasteiger partial charge in [0.05, 0.1) is 6.61 Å². The van der Waals surface area contributed by atoms with Crippen molar-refractivity contribution < 1.29 is 15.7 Å². The van der Waals surface area contributed by atoms with Crippen molar-refractivity contribution in [1.82, 2.24) is 5.32 Å². The quantitative estimate of drug-likeness (QED) is 0.779. The monoisotopic (exact) mass is 278 g/mol. The van der Waals surface area contributed by atoms with Crippen LogP contribution < -0.4 is 5.32 Å². The first-order chi connectivity index (χ1) is 9.90. The van der Waals surface area contributed by atoms with Crippen LogP contribution in [0.5, 0.6) is 0 Å². The van der Waals surface area contributed by atoms with E-state index in [2.05, 4.69) is 5.32 Å². The maximum absolute atomic E-state index is 11.9. The number of hydrogen-bond donors (Lipinski definition) is 1. The minimum Gasteiger partial charge on any atom is -0.464 e. The Morgan fingerprint density at radius 2 is 1.90 bits per heavy atom. The molecule has 1 amide bonds. The molecule has 1 aromatic carbocycles. The zero-order chi connectivity index (χ0) is 15.8. The van der Waals surface area contributed by atoms with Crippen LogP contribution in [0.4, 0.5) is 0 Å². The van der Waals surface area contributed by atoms with Crippen LogP contribution in [0.25, 0.3) is 0 Å². The number of rotatable bonds is 7. The van der Waals surface area contributed by atoms with Crippen molar-refractivity contribution in [3.63, 3.8) is 0 Å². The Morgan fingerprint density at radius 3 is 2.50 bits per heavy atom. The number of nitrogens with one attached hydrogen (secondary N) is 1. The molecule has 0 saturated carbocycles. The van der Waals surface area contributed by atoms with Crippen molar-refractivity contribution >= 4 is 11.9 Å². The highest BCUT2D eigenvalue weighted by molar-refractivity contribution is 5.84. The molecule has 2 atom stereocenters. The molecule has 1 rings (SSSR count). The molecular formula is C16H23NO3. The number of aryl methyl sites for hydroxylation is 1. The molecule has 0 heterocycles. The molecule has 1 unspecified atom stereocenters. The molecule has 4 heteroatoms. The molecule has 1 aromatic rings. The van der Waals surface area contributed by atoms with E-state index < -0.39 is 24.3 Å². The van der Waals surface area contributed by atoms with E-state index in [4.69, 9.17) is 6.11 Å². The third kappa shape index (κ3) is 6.36. The summed E-state index contributed by atoms with van der Waals surface area (Å²) in [4.78, 5) is 23.6. The van der Waals surface area contributed by atoms with Crippen molar-refractivity contribution in [2.45, 2.75) is 39.6 Å². The minimum absolute atomic E-state index is 0.249. The number of benzene rings is 1. The second kappa shape index (κ2) is 8.35. The van der Waals surface area contributed by atoms with E-state index in [1.54, 1.807) is 6.92 Å². The highest BCUT2D eigenvalue weighted by atomic mass is 16.5. The van der Waals surface area contributed by atoms with E-state index in [0.717, 1.165) is 5.56 Å². The molecule has 20 heavy (non-hydrogen) atoms. The van der Waals surface area contributed by atoms with Gasteiger partial charge in [-0.2, -0.15) is 0 Å². The van der Waals surface area contributed by atoms with Gasteiger partial charge in [-0.05, 0) is 24.8 Å². The first-order valence-corrected chi connectivity index (χ1v) is 6.83. The van der Waals surface area contributed by atoms with Gasteiger partial charge in [0.15, 0.2) is 0 Å². The van der Waals surface area contributed by atoms with Gasteiger partial charge in [0.1, 0.15) is 6.04 Å². The third-order valence-electron chi connectivity index (χ3n) is 2.64. The summed E-state index contributed by atoms with van der Waals surface area (Å²) in [5, 5.41) is 2.52. The fourth-order valence-electron chi connectivity index (χ4n) is 1.53. The van der Waals surface area contributed by atoms with E-state index in [-0.39, 0.29) is 5.92 Å². The Hall–Kier alpha value is -1.84. The molecule has 0 spiro atoms. The van der Waals surface area contributed by atoms with E-state index in [0.29, 0.717) is 13.0 Å². The number of hydrogen-bond acceptors (Lipinski definition) is 3. The SMILES string of the molecule is [2H]C(Cc1ccccc1)C(=O)N[C@@H](C)C(=O)OCC(C)C. The normalized spacial score (nSPS) is 14.3. The molecular weight excluding hydrogens is 254 g/mol. The summed E-state index contributed by atoms with van der Waals surface area (Å²) < 4.78 is 12.9. The van der Waals surface area contributed by atoms with Crippen LogP contribution in [0, 0.1) is 5.92 Å². The lowest BCUT2D eigenvalue weighted by atomic mass is 10.1. The summed E-state index contributed by atoms with van der Waals surface area (Å²) in [6.45, 7) is 5.77. The highest BCUT2D eigenvalue weighted by Gasteiger charge is 2.17. The number of amides is 1. The molecule has 0 saturated heterocycles. The molecule has 0 radical (unpaired) electrons. The maximum Gasteiger partial charge on any atom is 0.328 e. The summed E-state index contributed by atoms with van der Waals surface area (Å²) >= 11 is 0. The minimum atomic E-state index is -0.937. The van der Waals surface area contributed by atoms with Gasteiger partial charge >= 0.3 is 5.97 Å². The van der Waals surface area contributed by atoms with Gasteiger partial charge in [0, 0.05) is 7.77 Å². The molecule has 0 bridgehead atoms. The van der Waals surface area contributed by atoms with Crippen molar-refractivity contribution in [3.05, 3.63) is 35.9 Å². The average Bonchev–Trinajstić information content (AvgIpc) is 2.45. The molecule has 0 aliphatic carbocycles. The highest BCUT2D eigenvalue weighted by Crippen LogP contribution is 2.03. The van der Waals surface area contributed by atoms with Gasteiger partial charge in [-0.3, -0.25) is 4.79 Å². The summed E-state index contributed by atoms with van der Waals surface area (Å²) in [6.07, 6.45) is -0.617. The molecule has 0 aliphatic heterocycles. The van der Waals surface area contributed by atoms with Crippen LogP contribution in [-0.4, -0.2) is 24.5 Å². The third-order valence-corrected chi connectivity index (χ3v) is 2.64. The predicted octanol–water partition coefficient (Wildman–Crippen LogP) is 2.32. The fraction of sp³-hybridized carbons (Fsp3) is 0.500. The average molecular weight is 278 g/mol. The van der Waals surface area contributed by atoms with Crippen LogP contribution >= 0.6 is 0 Å². The van der Waals surface area contributed by atoms with Crippen LogP contribution in [0.2, 0.25) is 0 Å². The second-order valence-electron chi connectivity index (χ2n) is 5.15. The first-order valence-electron chi connectivity index (χ1n) is 7.41. The summed E-state index contributed by atoms with van der Waals surface area (Å²) in [7, 11) is 0. The largest absolute Gasteiger partial charge is 0.464 e. The van der Waals surface area contributed by atoms with Crippen molar-refractivity contribution in [1.29, 1.82) is 0 Å². The van der Waals surface area contributed by atoms with Crippen LogP contribution in [-0.2, 0) is 20.7 Å². The van der Waals surface area contributed by atoms with Gasteiger partial charge in [-0.25, -0.2) is 4.79 Å². The Morgan fingerprint density at radius 1 is 1.25 bits per heavy atom. The molecule has 0 aromatic heterocycles. The molecule has 110 valence electrons. The summed E-state index contributed by atoms with van der Waals surface area (Å²) in [5.74, 6) is -0.685. The maximum atomic E-state index is 11.9. The van der Waals surface area contributed by atoms with E-state index in [1.165, 1.54) is 0 Å². The predicted molar refractivity (Wildman–Crippen MR) is 78.2 cm³/mol. The van der Waals surface area contributed by atoms with Gasteiger partial charge in [0.25, 0.3) is 0 Å². The lowest BCUT2D eigenvalue weighted by Gasteiger charge is -2.14. The van der Waals surface area contributed by atoms with Gasteiger partial charge < -0.3 is 10.1 Å². The Kier molecular flexibility index (Phi) is 6.08. The van der Waals surface area contributed by atoms with E-state index in [1.807, 2.05) is 44.2 Å². The Bertz CT molecular complexity index is 462. The lowest BCUT2D eigenvalue weighted by molar-refractivity contribution is -0.148. The van der Waals surface area contributed by atoms with Crippen molar-refractivity contribution in [2.75, 3.05) is 6.61 Å². The number of carbonyl (C=O) groups is 2. The van der Waals surface area contributed by atoms with Gasteiger partial charge in [0.2, 0.25) is 5.91 Å². The fourth-order valence-corrected chi connectivity index (χ4v) is 1.53. The van der Waals surface area contributed by atoms with Crippen LogP contribution in [0.15, 0.2) is 30.3 Å². The van der Waals surface area contributed by atoms with Crippen LogP contribution in [0.1, 0.15) is 34.1 Å². The molecule has 1 N–H and O–H groups in total. The Labute approximate surface area is 121 Å². The van der Waals surface area contributed by atoms with E-state index in [9.17, 15) is 9.59 Å². The summed E-state index contributed by atoms with van der Waals surface area (Å²) in [6, 6.07) is 8.62. The number of ether oxygens (including phenoxy) is 1. The standard InChI is InChI=1S/C16H23NO3/c1-12(2)11-20-16(19)13(3)17-15(18)10-9-14-7-5-4-6-8-14/h4-8,12-13H,9-11H2,1-3H3,(H,17,18)/t13-/m0/s1/i10D/t10?,13-. The first kappa shape index (κ1) is 14.6. The van der Waals surface area contributed by atoms with Crippen LogP contribution in [0.3, 0.4) is 0 Å². The Balaban J connectivity index is 2.42. The second-order valence-corrected chi connectivity index (χ2v) is 5.15. The summed E-state index contributed by atoms with van der Waals surface area (Å²) in [5.41, 5.74) is 0.919. The molecule has 4 nitrogen and oxygen atoms in total. The smallest absolute Gasteiger partial charge is 0.328 e. The number of carbonyl (C=O) groups excluding carboxylic acids is 2. The zero-order valence-corrected chi connectivity index (χ0v) is 12.3. The van der Waals surface area contributed by atoms with Gasteiger partial charge in [-0.1, -0.05) is 44.2 Å². The van der Waals surface area contributed by atoms with E-state index >= 15 is 0 Å².